The van der Waals surface area contributed by atoms with Gasteiger partial charge in [0.15, 0.2) is 5.76 Å². The molecule has 0 fully saturated rings. The summed E-state index contributed by atoms with van der Waals surface area (Å²) in [6, 6.07) is 11.6. The Morgan fingerprint density at radius 2 is 1.97 bits per heavy atom. The van der Waals surface area contributed by atoms with Crippen molar-refractivity contribution in [3.05, 3.63) is 92.3 Å². The van der Waals surface area contributed by atoms with Crippen molar-refractivity contribution < 1.29 is 29.0 Å². The third kappa shape index (κ3) is 5.77. The van der Waals surface area contributed by atoms with Crippen LogP contribution in [0.5, 0.6) is 0 Å². The second-order valence-corrected chi connectivity index (χ2v) is 10.6. The highest BCUT2D eigenvalue weighted by Crippen LogP contribution is 2.35. The molecule has 3 aromatic rings. The molecule has 0 saturated heterocycles. The molecule has 2 aliphatic heterocycles. The maximum Gasteiger partial charge on any atom is 0.290 e. The van der Waals surface area contributed by atoms with E-state index in [1.165, 1.54) is 6.07 Å². The van der Waals surface area contributed by atoms with Crippen molar-refractivity contribution in [1.82, 2.24) is 0 Å². The molecule has 0 unspecified atom stereocenters. The zero-order chi connectivity index (χ0) is 27.5. The predicted molar refractivity (Wildman–Crippen MR) is 149 cm³/mol. The van der Waals surface area contributed by atoms with Gasteiger partial charge in [0, 0.05) is 29.7 Å². The molecule has 0 aliphatic carbocycles. The van der Waals surface area contributed by atoms with Crippen molar-refractivity contribution in [3.63, 3.8) is 0 Å². The molecule has 2 aromatic carbocycles. The summed E-state index contributed by atoms with van der Waals surface area (Å²) >= 11 is 7.61. The topological polar surface area (TPSA) is 105 Å². The van der Waals surface area contributed by atoms with E-state index in [0.717, 1.165) is 10.5 Å². The first-order valence-electron chi connectivity index (χ1n) is 12.6. The molecule has 5 rings (SSSR count). The number of nitrogens with zero attached hydrogens (tertiary/aromatic N) is 1. The van der Waals surface area contributed by atoms with Gasteiger partial charge in [-0.2, -0.15) is 11.3 Å². The number of imide groups is 1. The van der Waals surface area contributed by atoms with Crippen LogP contribution in [0.3, 0.4) is 0 Å². The van der Waals surface area contributed by atoms with Gasteiger partial charge >= 0.3 is 0 Å². The zero-order valence-corrected chi connectivity index (χ0v) is 22.8. The number of ether oxygens (including phenoxy) is 2. The van der Waals surface area contributed by atoms with Gasteiger partial charge in [0.1, 0.15) is 0 Å². The van der Waals surface area contributed by atoms with Gasteiger partial charge in [-0.1, -0.05) is 11.6 Å². The highest BCUT2D eigenvalue weighted by molar-refractivity contribution is 7.08. The number of halogens is 1. The van der Waals surface area contributed by atoms with Crippen molar-refractivity contribution in [3.8, 4) is 0 Å². The quantitative estimate of drug-likeness (QED) is 0.256. The molecule has 2 atom stereocenters. The van der Waals surface area contributed by atoms with Crippen LogP contribution in [-0.4, -0.2) is 42.3 Å². The van der Waals surface area contributed by atoms with E-state index in [2.05, 4.69) is 5.32 Å². The van der Waals surface area contributed by atoms with Gasteiger partial charge in [-0.3, -0.25) is 14.4 Å². The SMILES string of the molecule is Cc1cc(NC(=O)C2=C[C@@H](c3ccsc3)C[C@@H](OCCCCO)O2)ccc1N1C(=O)c2ccc(Cl)cc2C1=O. The lowest BCUT2D eigenvalue weighted by Gasteiger charge is -2.29. The number of aryl methyl sites for hydroxylation is 1. The fraction of sp³-hybridized carbons (Fsp3) is 0.276. The van der Waals surface area contributed by atoms with Crippen LogP contribution in [0.4, 0.5) is 11.4 Å². The second kappa shape index (κ2) is 11.7. The summed E-state index contributed by atoms with van der Waals surface area (Å²) in [6.07, 6.45) is 3.11. The normalized spacial score (nSPS) is 18.5. The number of carbonyl (C=O) groups excluding carboxylic acids is 3. The minimum absolute atomic E-state index is 0.0416. The number of carbonyl (C=O) groups is 3. The van der Waals surface area contributed by atoms with Crippen LogP contribution in [-0.2, 0) is 14.3 Å². The van der Waals surface area contributed by atoms with E-state index in [1.807, 2.05) is 16.8 Å². The first kappa shape index (κ1) is 27.1. The third-order valence-corrected chi connectivity index (χ3v) is 7.59. The highest BCUT2D eigenvalue weighted by atomic mass is 35.5. The number of nitrogens with one attached hydrogen (secondary N) is 1. The van der Waals surface area contributed by atoms with Crippen LogP contribution < -0.4 is 10.2 Å². The number of aliphatic hydroxyl groups is 1. The van der Waals surface area contributed by atoms with Crippen LogP contribution in [0.25, 0.3) is 0 Å². The number of anilines is 2. The maximum atomic E-state index is 13.2. The lowest BCUT2D eigenvalue weighted by atomic mass is 9.95. The largest absolute Gasteiger partial charge is 0.459 e. The Balaban J connectivity index is 1.32. The number of unbranched alkanes of at least 4 members (excludes halogenated alkanes) is 1. The van der Waals surface area contributed by atoms with Crippen LogP contribution >= 0.6 is 22.9 Å². The van der Waals surface area contributed by atoms with Crippen molar-refractivity contribution >= 4 is 52.0 Å². The summed E-state index contributed by atoms with van der Waals surface area (Å²) in [7, 11) is 0. The number of thiophene rings is 1. The van der Waals surface area contributed by atoms with Gasteiger partial charge in [-0.05, 0) is 90.2 Å². The van der Waals surface area contributed by atoms with Gasteiger partial charge in [-0.15, -0.1) is 0 Å². The fourth-order valence-corrected chi connectivity index (χ4v) is 5.57. The molecule has 1 aromatic heterocycles. The third-order valence-electron chi connectivity index (χ3n) is 6.65. The molecule has 39 heavy (non-hydrogen) atoms. The van der Waals surface area contributed by atoms with Gasteiger partial charge < -0.3 is 19.9 Å². The molecule has 10 heteroatoms. The van der Waals surface area contributed by atoms with Crippen molar-refractivity contribution in [1.29, 1.82) is 0 Å². The molecule has 2 aliphatic rings. The Morgan fingerprint density at radius 3 is 2.72 bits per heavy atom. The first-order valence-corrected chi connectivity index (χ1v) is 13.9. The van der Waals surface area contributed by atoms with Crippen LogP contribution in [0, 0.1) is 6.92 Å². The summed E-state index contributed by atoms with van der Waals surface area (Å²) < 4.78 is 11.8. The average molecular weight is 567 g/mol. The predicted octanol–water partition coefficient (Wildman–Crippen LogP) is 5.65. The number of amides is 3. The van der Waals surface area contributed by atoms with E-state index < -0.39 is 24.0 Å². The minimum atomic E-state index is -0.592. The Kier molecular flexibility index (Phi) is 8.13. The van der Waals surface area contributed by atoms with Gasteiger partial charge in [-0.25, -0.2) is 4.90 Å². The number of allylic oxidation sites excluding steroid dienone is 1. The molecular weight excluding hydrogens is 540 g/mol. The Labute approximate surface area is 234 Å². The number of hydrogen-bond acceptors (Lipinski definition) is 7. The molecule has 8 nitrogen and oxygen atoms in total. The molecule has 3 amide bonds. The minimum Gasteiger partial charge on any atom is -0.459 e. The molecule has 2 N–H and O–H groups in total. The maximum absolute atomic E-state index is 13.2. The van der Waals surface area contributed by atoms with Gasteiger partial charge in [0.2, 0.25) is 6.29 Å². The number of aliphatic hydroxyl groups excluding tert-OH is 1. The zero-order valence-electron chi connectivity index (χ0n) is 21.2. The van der Waals surface area contributed by atoms with Crippen molar-refractivity contribution in [2.24, 2.45) is 0 Å². The number of rotatable bonds is 9. The molecule has 0 bridgehead atoms. The van der Waals surface area contributed by atoms with Gasteiger partial charge in [0.25, 0.3) is 17.7 Å². The first-order chi connectivity index (χ1) is 18.9. The molecule has 3 heterocycles. The van der Waals surface area contributed by atoms with E-state index in [9.17, 15) is 14.4 Å². The molecule has 0 radical (unpaired) electrons. The lowest BCUT2D eigenvalue weighted by molar-refractivity contribution is -0.143. The van der Waals surface area contributed by atoms with Crippen LogP contribution in [0.2, 0.25) is 5.02 Å². The van der Waals surface area contributed by atoms with Gasteiger partial charge in [0.05, 0.1) is 23.4 Å². The standard InChI is InChI=1S/C29H27ClN2O6S/c1-17-12-21(5-7-24(17)32-28(35)22-6-4-20(30)15-23(22)29(32)36)31-27(34)25-13-19(18-8-11-39-16-18)14-26(38-25)37-10-3-2-9-33/h4-8,11-13,15-16,19,26,33H,2-3,9-10,14H2,1H3,(H,31,34)/t19-,26+/m1/s1. The number of fused-ring (bicyclic) bond motifs is 1. The van der Waals surface area contributed by atoms with E-state index in [-0.39, 0.29) is 23.8 Å². The molecule has 0 spiro atoms. The molecule has 202 valence electrons. The van der Waals surface area contributed by atoms with Crippen LogP contribution in [0.1, 0.15) is 57.0 Å². The summed E-state index contributed by atoms with van der Waals surface area (Å²) in [4.78, 5) is 40.3. The van der Waals surface area contributed by atoms with E-state index in [4.69, 9.17) is 26.2 Å². The monoisotopic (exact) mass is 566 g/mol. The van der Waals surface area contributed by atoms with E-state index in [1.54, 1.807) is 54.7 Å². The summed E-state index contributed by atoms with van der Waals surface area (Å²) in [5.74, 6) is -1.18. The summed E-state index contributed by atoms with van der Waals surface area (Å²) in [5.41, 5.74) is 3.20. The molecular formula is C29H27ClN2O6S. The number of benzene rings is 2. The smallest absolute Gasteiger partial charge is 0.290 e. The summed E-state index contributed by atoms with van der Waals surface area (Å²) in [6.45, 7) is 2.28. The Morgan fingerprint density at radius 1 is 1.15 bits per heavy atom. The van der Waals surface area contributed by atoms with E-state index in [0.29, 0.717) is 53.4 Å². The van der Waals surface area contributed by atoms with Crippen molar-refractivity contribution in [2.45, 2.75) is 38.4 Å². The Bertz CT molecular complexity index is 1440. The lowest BCUT2D eigenvalue weighted by Crippen LogP contribution is -2.30. The average Bonchev–Trinajstić information content (AvgIpc) is 3.54. The Hall–Kier alpha value is -3.50. The number of hydrogen-bond donors (Lipinski definition) is 2. The summed E-state index contributed by atoms with van der Waals surface area (Å²) in [5, 5.41) is 16.3. The van der Waals surface area contributed by atoms with Crippen LogP contribution in [0.15, 0.2) is 65.1 Å². The van der Waals surface area contributed by atoms with Crippen molar-refractivity contribution in [2.75, 3.05) is 23.4 Å². The van der Waals surface area contributed by atoms with E-state index >= 15 is 0 Å². The fourth-order valence-electron chi connectivity index (χ4n) is 4.67. The second-order valence-electron chi connectivity index (χ2n) is 9.37. The molecule has 0 saturated carbocycles. The highest BCUT2D eigenvalue weighted by Gasteiger charge is 2.37.